The zero-order valence-corrected chi connectivity index (χ0v) is 12.6. The van der Waals surface area contributed by atoms with E-state index in [2.05, 4.69) is 5.32 Å². The van der Waals surface area contributed by atoms with Gasteiger partial charge < -0.3 is 15.2 Å². The Hall–Kier alpha value is -2.04. The Balaban J connectivity index is 2.16. The lowest BCUT2D eigenvalue weighted by Gasteiger charge is -2.13. The fourth-order valence-corrected chi connectivity index (χ4v) is 1.89. The van der Waals surface area contributed by atoms with E-state index in [1.807, 2.05) is 38.1 Å². The maximum Gasteiger partial charge on any atom is 0.303 e. The molecule has 0 radical (unpaired) electrons. The van der Waals surface area contributed by atoms with Crippen molar-refractivity contribution in [3.05, 3.63) is 29.8 Å². The molecule has 21 heavy (non-hydrogen) atoms. The summed E-state index contributed by atoms with van der Waals surface area (Å²) in [7, 11) is 0. The molecule has 0 bridgehead atoms. The number of aryl methyl sites for hydroxylation is 1. The van der Waals surface area contributed by atoms with Crippen LogP contribution in [0.25, 0.3) is 0 Å². The van der Waals surface area contributed by atoms with Gasteiger partial charge in [-0.2, -0.15) is 0 Å². The van der Waals surface area contributed by atoms with Crippen LogP contribution in [0.5, 0.6) is 5.75 Å². The molecule has 1 rings (SSSR count). The number of carbonyl (C=O) groups excluding carboxylic acids is 1. The molecule has 1 aromatic carbocycles. The summed E-state index contributed by atoms with van der Waals surface area (Å²) < 4.78 is 5.61. The normalized spacial score (nSPS) is 11.7. The van der Waals surface area contributed by atoms with Crippen molar-refractivity contribution in [2.24, 2.45) is 0 Å². The van der Waals surface area contributed by atoms with E-state index in [1.165, 1.54) is 0 Å². The maximum atomic E-state index is 11.7. The number of benzene rings is 1. The Morgan fingerprint density at radius 3 is 2.67 bits per heavy atom. The second-order valence-corrected chi connectivity index (χ2v) is 5.12. The van der Waals surface area contributed by atoms with Gasteiger partial charge in [0.15, 0.2) is 0 Å². The standard InChI is InChI=1S/C16H23NO4/c1-12-6-3-4-7-14(12)21-11-5-8-15(18)17-13(2)9-10-16(19)20/h3-4,6-7,13H,5,8-11H2,1-2H3,(H,17,18)(H,19,20). The first kappa shape index (κ1) is 17.0. The summed E-state index contributed by atoms with van der Waals surface area (Å²) in [6.07, 6.45) is 1.52. The Bertz CT molecular complexity index is 473. The third-order valence-electron chi connectivity index (χ3n) is 3.10. The lowest BCUT2D eigenvalue weighted by atomic mass is 10.1. The first-order valence-electron chi connectivity index (χ1n) is 7.18. The minimum absolute atomic E-state index is 0.0673. The average Bonchev–Trinajstić information content (AvgIpc) is 2.43. The highest BCUT2D eigenvalue weighted by Gasteiger charge is 2.09. The van der Waals surface area contributed by atoms with Crippen LogP contribution in [0.4, 0.5) is 0 Å². The second kappa shape index (κ2) is 9.00. The molecule has 1 amide bonds. The SMILES string of the molecule is Cc1ccccc1OCCCC(=O)NC(C)CCC(=O)O. The number of aliphatic carboxylic acids is 1. The third kappa shape index (κ3) is 7.34. The Morgan fingerprint density at radius 1 is 1.29 bits per heavy atom. The van der Waals surface area contributed by atoms with Crippen LogP contribution in [0.15, 0.2) is 24.3 Å². The molecule has 1 unspecified atom stereocenters. The fourth-order valence-electron chi connectivity index (χ4n) is 1.89. The number of rotatable bonds is 9. The van der Waals surface area contributed by atoms with Crippen molar-refractivity contribution in [3.8, 4) is 5.75 Å². The highest BCUT2D eigenvalue weighted by atomic mass is 16.5. The van der Waals surface area contributed by atoms with Crippen LogP contribution < -0.4 is 10.1 Å². The molecule has 0 aromatic heterocycles. The van der Waals surface area contributed by atoms with E-state index in [4.69, 9.17) is 9.84 Å². The van der Waals surface area contributed by atoms with Crippen molar-refractivity contribution in [1.82, 2.24) is 5.32 Å². The number of amides is 1. The van der Waals surface area contributed by atoms with Gasteiger partial charge in [0.1, 0.15) is 5.75 Å². The summed E-state index contributed by atoms with van der Waals surface area (Å²) in [5, 5.41) is 11.4. The van der Waals surface area contributed by atoms with Gasteiger partial charge in [-0.05, 0) is 38.3 Å². The van der Waals surface area contributed by atoms with E-state index < -0.39 is 5.97 Å². The quantitative estimate of drug-likeness (QED) is 0.686. The van der Waals surface area contributed by atoms with Gasteiger partial charge in [0.05, 0.1) is 6.61 Å². The van der Waals surface area contributed by atoms with E-state index in [1.54, 1.807) is 0 Å². The zero-order chi connectivity index (χ0) is 15.7. The van der Waals surface area contributed by atoms with Gasteiger partial charge in [0.2, 0.25) is 5.91 Å². The number of nitrogens with one attached hydrogen (secondary N) is 1. The van der Waals surface area contributed by atoms with Gasteiger partial charge in [-0.3, -0.25) is 9.59 Å². The molecular weight excluding hydrogens is 270 g/mol. The van der Waals surface area contributed by atoms with E-state index in [9.17, 15) is 9.59 Å². The molecule has 0 aliphatic rings. The van der Waals surface area contributed by atoms with Crippen LogP contribution in [0.3, 0.4) is 0 Å². The third-order valence-corrected chi connectivity index (χ3v) is 3.10. The average molecular weight is 293 g/mol. The zero-order valence-electron chi connectivity index (χ0n) is 12.6. The van der Waals surface area contributed by atoms with Gasteiger partial charge >= 0.3 is 5.97 Å². The molecule has 0 aliphatic carbocycles. The topological polar surface area (TPSA) is 75.6 Å². The molecule has 0 spiro atoms. The van der Waals surface area contributed by atoms with Gasteiger partial charge in [-0.1, -0.05) is 18.2 Å². The Morgan fingerprint density at radius 2 is 2.00 bits per heavy atom. The van der Waals surface area contributed by atoms with Gasteiger partial charge in [-0.15, -0.1) is 0 Å². The van der Waals surface area contributed by atoms with Crippen molar-refractivity contribution >= 4 is 11.9 Å². The first-order chi connectivity index (χ1) is 9.99. The summed E-state index contributed by atoms with van der Waals surface area (Å²) >= 11 is 0. The summed E-state index contributed by atoms with van der Waals surface area (Å²) in [6.45, 7) is 4.28. The van der Waals surface area contributed by atoms with Crippen molar-refractivity contribution in [1.29, 1.82) is 0 Å². The van der Waals surface area contributed by atoms with Crippen molar-refractivity contribution in [2.45, 2.75) is 45.6 Å². The van der Waals surface area contributed by atoms with E-state index in [-0.39, 0.29) is 18.4 Å². The smallest absolute Gasteiger partial charge is 0.303 e. The molecular formula is C16H23NO4. The summed E-state index contributed by atoms with van der Waals surface area (Å²) in [4.78, 5) is 22.1. The molecule has 1 aromatic rings. The lowest BCUT2D eigenvalue weighted by Crippen LogP contribution is -2.32. The van der Waals surface area contributed by atoms with Gasteiger partial charge in [0.25, 0.3) is 0 Å². The molecule has 5 heteroatoms. The highest BCUT2D eigenvalue weighted by Crippen LogP contribution is 2.16. The molecule has 0 saturated heterocycles. The number of para-hydroxylation sites is 1. The minimum Gasteiger partial charge on any atom is -0.493 e. The number of hydrogen-bond donors (Lipinski definition) is 2. The van der Waals surface area contributed by atoms with E-state index >= 15 is 0 Å². The molecule has 116 valence electrons. The van der Waals surface area contributed by atoms with Crippen LogP contribution in [0.1, 0.15) is 38.2 Å². The first-order valence-corrected chi connectivity index (χ1v) is 7.18. The van der Waals surface area contributed by atoms with Crippen LogP contribution in [-0.4, -0.2) is 29.6 Å². The van der Waals surface area contributed by atoms with Gasteiger partial charge in [0, 0.05) is 18.9 Å². The van der Waals surface area contributed by atoms with E-state index in [0.717, 1.165) is 11.3 Å². The molecule has 0 heterocycles. The van der Waals surface area contributed by atoms with Crippen molar-refractivity contribution in [3.63, 3.8) is 0 Å². The van der Waals surface area contributed by atoms with Crippen LogP contribution in [0.2, 0.25) is 0 Å². The molecule has 0 fully saturated rings. The fraction of sp³-hybridized carbons (Fsp3) is 0.500. The monoisotopic (exact) mass is 293 g/mol. The van der Waals surface area contributed by atoms with Crippen molar-refractivity contribution < 1.29 is 19.4 Å². The number of ether oxygens (including phenoxy) is 1. The second-order valence-electron chi connectivity index (χ2n) is 5.12. The van der Waals surface area contributed by atoms with E-state index in [0.29, 0.717) is 25.9 Å². The van der Waals surface area contributed by atoms with Crippen LogP contribution >= 0.6 is 0 Å². The van der Waals surface area contributed by atoms with Gasteiger partial charge in [-0.25, -0.2) is 0 Å². The molecule has 0 aliphatic heterocycles. The molecule has 0 saturated carbocycles. The number of carboxylic acids is 1. The van der Waals surface area contributed by atoms with Crippen LogP contribution in [0, 0.1) is 6.92 Å². The summed E-state index contributed by atoms with van der Waals surface area (Å²) in [6, 6.07) is 7.63. The summed E-state index contributed by atoms with van der Waals surface area (Å²) in [5.41, 5.74) is 1.07. The number of carboxylic acid groups (broad SMARTS) is 1. The number of carbonyl (C=O) groups is 2. The highest BCUT2D eigenvalue weighted by molar-refractivity contribution is 5.76. The number of hydrogen-bond acceptors (Lipinski definition) is 3. The van der Waals surface area contributed by atoms with Crippen molar-refractivity contribution in [2.75, 3.05) is 6.61 Å². The molecule has 1 atom stereocenters. The predicted octanol–water partition coefficient (Wildman–Crippen LogP) is 2.52. The lowest BCUT2D eigenvalue weighted by molar-refractivity contribution is -0.137. The largest absolute Gasteiger partial charge is 0.493 e. The Kier molecular flexibility index (Phi) is 7.29. The predicted molar refractivity (Wildman–Crippen MR) is 80.4 cm³/mol. The minimum atomic E-state index is -0.845. The molecule has 2 N–H and O–H groups in total. The molecule has 5 nitrogen and oxygen atoms in total. The van der Waals surface area contributed by atoms with Crippen LogP contribution in [-0.2, 0) is 9.59 Å². The maximum absolute atomic E-state index is 11.7. The summed E-state index contributed by atoms with van der Waals surface area (Å²) in [5.74, 6) is -0.0725. The Labute approximate surface area is 125 Å².